The second-order valence-corrected chi connectivity index (χ2v) is 6.08. The third-order valence-electron chi connectivity index (χ3n) is 2.82. The lowest BCUT2D eigenvalue weighted by Gasteiger charge is -2.09. The van der Waals surface area contributed by atoms with Crippen LogP contribution in [0.2, 0.25) is 0 Å². The van der Waals surface area contributed by atoms with Gasteiger partial charge in [-0.05, 0) is 37.5 Å². The fourth-order valence-corrected chi connectivity index (χ4v) is 2.92. The predicted molar refractivity (Wildman–Crippen MR) is 65.9 cm³/mol. The van der Waals surface area contributed by atoms with E-state index in [1.807, 2.05) is 0 Å². The summed E-state index contributed by atoms with van der Waals surface area (Å²) in [5.41, 5.74) is 0.961. The van der Waals surface area contributed by atoms with Crippen molar-refractivity contribution in [3.63, 3.8) is 0 Å². The van der Waals surface area contributed by atoms with Gasteiger partial charge in [0.15, 0.2) is 0 Å². The highest BCUT2D eigenvalue weighted by Crippen LogP contribution is 2.23. The summed E-state index contributed by atoms with van der Waals surface area (Å²) in [7, 11) is -2.27. The molecule has 1 N–H and O–H groups in total. The van der Waals surface area contributed by atoms with Gasteiger partial charge in [-0.1, -0.05) is 6.07 Å². The Hall–Kier alpha value is -1.40. The molecule has 0 aromatic heterocycles. The minimum Gasteiger partial charge on any atom is -0.465 e. The van der Waals surface area contributed by atoms with Gasteiger partial charge in [0, 0.05) is 6.04 Å². The van der Waals surface area contributed by atoms with Crippen LogP contribution in [0.5, 0.6) is 0 Å². The molecule has 1 aliphatic carbocycles. The Kier molecular flexibility index (Phi) is 3.41. The Morgan fingerprint density at radius 1 is 1.39 bits per heavy atom. The Morgan fingerprint density at radius 2 is 2.06 bits per heavy atom. The van der Waals surface area contributed by atoms with E-state index in [-0.39, 0.29) is 16.5 Å². The summed E-state index contributed by atoms with van der Waals surface area (Å²) in [6.07, 6.45) is 1.74. The first kappa shape index (κ1) is 13.0. The van der Waals surface area contributed by atoms with E-state index in [0.29, 0.717) is 5.56 Å². The zero-order valence-electron chi connectivity index (χ0n) is 10.3. The molecule has 0 bridgehead atoms. The van der Waals surface area contributed by atoms with Crippen LogP contribution in [-0.4, -0.2) is 27.5 Å². The lowest BCUT2D eigenvalue weighted by Crippen LogP contribution is -2.26. The van der Waals surface area contributed by atoms with Crippen molar-refractivity contribution in [3.05, 3.63) is 29.3 Å². The Balaban J connectivity index is 2.36. The molecule has 0 amide bonds. The molecule has 1 saturated carbocycles. The Morgan fingerprint density at radius 3 is 2.61 bits per heavy atom. The van der Waals surface area contributed by atoms with Gasteiger partial charge in [0.2, 0.25) is 10.0 Å². The van der Waals surface area contributed by atoms with Crippen molar-refractivity contribution in [3.8, 4) is 0 Å². The number of hydrogen-bond donors (Lipinski definition) is 1. The van der Waals surface area contributed by atoms with Gasteiger partial charge in [0.25, 0.3) is 0 Å². The highest BCUT2D eigenvalue weighted by atomic mass is 32.2. The van der Waals surface area contributed by atoms with E-state index in [0.717, 1.165) is 12.8 Å². The number of esters is 1. The lowest BCUT2D eigenvalue weighted by atomic mass is 10.1. The molecule has 6 heteroatoms. The smallest absolute Gasteiger partial charge is 0.338 e. The Labute approximate surface area is 106 Å². The second kappa shape index (κ2) is 4.70. The van der Waals surface area contributed by atoms with Crippen LogP contribution < -0.4 is 4.72 Å². The first-order chi connectivity index (χ1) is 8.44. The van der Waals surface area contributed by atoms with Crippen molar-refractivity contribution < 1.29 is 17.9 Å². The van der Waals surface area contributed by atoms with Crippen molar-refractivity contribution in [2.24, 2.45) is 0 Å². The maximum Gasteiger partial charge on any atom is 0.338 e. The van der Waals surface area contributed by atoms with Crippen LogP contribution >= 0.6 is 0 Å². The third-order valence-corrected chi connectivity index (χ3v) is 4.34. The van der Waals surface area contributed by atoms with Gasteiger partial charge in [-0.3, -0.25) is 0 Å². The quantitative estimate of drug-likeness (QED) is 0.834. The summed E-state index contributed by atoms with van der Waals surface area (Å²) in [4.78, 5) is 11.6. The molecule has 98 valence electrons. The molecule has 18 heavy (non-hydrogen) atoms. The topological polar surface area (TPSA) is 72.5 Å². The van der Waals surface area contributed by atoms with E-state index in [4.69, 9.17) is 0 Å². The number of ether oxygens (including phenoxy) is 1. The molecule has 1 fully saturated rings. The number of sulfonamides is 1. The maximum atomic E-state index is 12.0. The van der Waals surface area contributed by atoms with E-state index in [9.17, 15) is 13.2 Å². The van der Waals surface area contributed by atoms with E-state index in [1.165, 1.54) is 19.2 Å². The van der Waals surface area contributed by atoms with Gasteiger partial charge >= 0.3 is 5.97 Å². The number of methoxy groups -OCH3 is 1. The predicted octanol–water partition coefficient (Wildman–Crippen LogP) is 1.22. The van der Waals surface area contributed by atoms with Crippen LogP contribution in [0, 0.1) is 6.92 Å². The van der Waals surface area contributed by atoms with Gasteiger partial charge in [0.1, 0.15) is 0 Å². The summed E-state index contributed by atoms with van der Waals surface area (Å²) in [6, 6.07) is 4.49. The van der Waals surface area contributed by atoms with Crippen LogP contribution in [-0.2, 0) is 14.8 Å². The molecular weight excluding hydrogens is 254 g/mol. The number of carbonyl (C=O) groups is 1. The SMILES string of the molecule is COC(=O)c1cc(S(=O)(=O)NC2CC2)ccc1C. The molecule has 1 aromatic carbocycles. The molecule has 1 aliphatic rings. The average molecular weight is 269 g/mol. The first-order valence-corrected chi connectivity index (χ1v) is 7.13. The van der Waals surface area contributed by atoms with Crippen molar-refractivity contribution in [2.45, 2.75) is 30.7 Å². The number of benzene rings is 1. The molecule has 0 atom stereocenters. The number of aryl methyl sites for hydroxylation is 1. The van der Waals surface area contributed by atoms with Gasteiger partial charge in [-0.2, -0.15) is 0 Å². The summed E-state index contributed by atoms with van der Waals surface area (Å²) in [6.45, 7) is 1.73. The average Bonchev–Trinajstić information content (AvgIpc) is 3.11. The van der Waals surface area contributed by atoms with Crippen molar-refractivity contribution in [1.82, 2.24) is 4.72 Å². The van der Waals surface area contributed by atoms with E-state index in [2.05, 4.69) is 9.46 Å². The third kappa shape index (κ3) is 2.70. The standard InChI is InChI=1S/C12H15NO4S/c1-8-3-6-10(7-11(8)12(14)17-2)18(15,16)13-9-4-5-9/h3,6-7,9,13H,4-5H2,1-2H3. The lowest BCUT2D eigenvalue weighted by molar-refractivity contribution is 0.0599. The number of hydrogen-bond acceptors (Lipinski definition) is 4. The van der Waals surface area contributed by atoms with Gasteiger partial charge in [0.05, 0.1) is 17.6 Å². The number of nitrogens with one attached hydrogen (secondary N) is 1. The summed E-state index contributed by atoms with van der Waals surface area (Å²) in [5, 5.41) is 0. The van der Waals surface area contributed by atoms with Crippen molar-refractivity contribution >= 4 is 16.0 Å². The fraction of sp³-hybridized carbons (Fsp3) is 0.417. The Bertz CT molecular complexity index is 576. The molecule has 0 saturated heterocycles. The minimum atomic E-state index is -3.54. The van der Waals surface area contributed by atoms with Crippen molar-refractivity contribution in [2.75, 3.05) is 7.11 Å². The maximum absolute atomic E-state index is 12.0. The summed E-state index contributed by atoms with van der Waals surface area (Å²) >= 11 is 0. The molecule has 1 aromatic rings. The van der Waals surface area contributed by atoms with E-state index >= 15 is 0 Å². The van der Waals surface area contributed by atoms with Crippen LogP contribution in [0.4, 0.5) is 0 Å². The molecule has 0 unspecified atom stereocenters. The van der Waals surface area contributed by atoms with Crippen LogP contribution in [0.25, 0.3) is 0 Å². The highest BCUT2D eigenvalue weighted by Gasteiger charge is 2.28. The molecule has 2 rings (SSSR count). The molecule has 5 nitrogen and oxygen atoms in total. The van der Waals surface area contributed by atoms with Crippen LogP contribution in [0.15, 0.2) is 23.1 Å². The molecule has 0 aliphatic heterocycles. The monoisotopic (exact) mass is 269 g/mol. The van der Waals surface area contributed by atoms with Gasteiger partial charge in [-0.15, -0.1) is 0 Å². The first-order valence-electron chi connectivity index (χ1n) is 5.65. The van der Waals surface area contributed by atoms with E-state index in [1.54, 1.807) is 13.0 Å². The summed E-state index contributed by atoms with van der Waals surface area (Å²) < 4.78 is 31.2. The number of carbonyl (C=O) groups excluding carboxylic acids is 1. The highest BCUT2D eigenvalue weighted by molar-refractivity contribution is 7.89. The zero-order chi connectivity index (χ0) is 13.3. The fourth-order valence-electron chi connectivity index (χ4n) is 1.59. The van der Waals surface area contributed by atoms with E-state index < -0.39 is 16.0 Å². The molecule has 0 heterocycles. The normalized spacial score (nSPS) is 15.4. The molecule has 0 radical (unpaired) electrons. The van der Waals surface area contributed by atoms with Crippen molar-refractivity contribution in [1.29, 1.82) is 0 Å². The van der Waals surface area contributed by atoms with Crippen LogP contribution in [0.1, 0.15) is 28.8 Å². The largest absolute Gasteiger partial charge is 0.465 e. The van der Waals surface area contributed by atoms with Crippen LogP contribution in [0.3, 0.4) is 0 Å². The second-order valence-electron chi connectivity index (χ2n) is 4.36. The molecular formula is C12H15NO4S. The van der Waals surface area contributed by atoms with Gasteiger partial charge < -0.3 is 4.74 Å². The zero-order valence-corrected chi connectivity index (χ0v) is 11.1. The van der Waals surface area contributed by atoms with Gasteiger partial charge in [-0.25, -0.2) is 17.9 Å². The summed E-state index contributed by atoms with van der Waals surface area (Å²) in [5.74, 6) is -0.532. The molecule has 0 spiro atoms. The number of rotatable bonds is 4. The minimum absolute atomic E-state index is 0.0397.